The molecule has 100 valence electrons. The van der Waals surface area contributed by atoms with Crippen molar-refractivity contribution >= 4 is 11.3 Å². The van der Waals surface area contributed by atoms with Gasteiger partial charge in [0.15, 0.2) is 0 Å². The molecular weight excluding hydrogens is 259 g/mol. The zero-order valence-electron chi connectivity index (χ0n) is 10.7. The summed E-state index contributed by atoms with van der Waals surface area (Å²) in [4.78, 5) is 4.27. The van der Waals surface area contributed by atoms with E-state index in [0.717, 1.165) is 31.4 Å². The lowest BCUT2D eigenvalue weighted by molar-refractivity contribution is 0.292. The summed E-state index contributed by atoms with van der Waals surface area (Å²) in [6.45, 7) is 0.976. The Hall–Kier alpha value is -1.26. The van der Waals surface area contributed by atoms with Crippen molar-refractivity contribution in [2.45, 2.75) is 31.2 Å². The second kappa shape index (κ2) is 5.80. The predicted molar refractivity (Wildman–Crippen MR) is 76.0 cm³/mol. The molecule has 1 aromatic carbocycles. The zero-order valence-corrected chi connectivity index (χ0v) is 11.5. The van der Waals surface area contributed by atoms with Crippen LogP contribution in [-0.2, 0) is 6.42 Å². The monoisotopic (exact) mass is 276 g/mol. The standard InChI is InChI=1S/C15H17FN2S/c16-13-3-1-2-11(6-13)12-7-15(8-12)17-5-4-14-9-19-10-18-14/h1-3,6,9-10,12,15,17H,4-5,7-8H2. The lowest BCUT2D eigenvalue weighted by atomic mass is 9.76. The Morgan fingerprint density at radius 1 is 1.37 bits per heavy atom. The third-order valence-corrected chi connectivity index (χ3v) is 4.39. The SMILES string of the molecule is Fc1cccc(C2CC(NCCc3cscn3)C2)c1. The largest absolute Gasteiger partial charge is 0.314 e. The molecule has 0 amide bonds. The molecule has 0 saturated heterocycles. The van der Waals surface area contributed by atoms with E-state index in [9.17, 15) is 4.39 Å². The van der Waals surface area contributed by atoms with Gasteiger partial charge in [-0.05, 0) is 36.5 Å². The van der Waals surface area contributed by atoms with E-state index in [0.29, 0.717) is 12.0 Å². The van der Waals surface area contributed by atoms with Crippen LogP contribution in [0.2, 0.25) is 0 Å². The lowest BCUT2D eigenvalue weighted by Gasteiger charge is -2.36. The molecule has 1 heterocycles. The molecule has 1 N–H and O–H groups in total. The predicted octanol–water partition coefficient (Wildman–Crippen LogP) is 3.36. The average Bonchev–Trinajstić information content (AvgIpc) is 2.85. The summed E-state index contributed by atoms with van der Waals surface area (Å²) in [5, 5.41) is 5.64. The van der Waals surface area contributed by atoms with Crippen molar-refractivity contribution in [3.8, 4) is 0 Å². The fourth-order valence-corrected chi connectivity index (χ4v) is 3.18. The van der Waals surface area contributed by atoms with E-state index in [-0.39, 0.29) is 5.82 Å². The van der Waals surface area contributed by atoms with Crippen molar-refractivity contribution in [1.29, 1.82) is 0 Å². The minimum Gasteiger partial charge on any atom is -0.314 e. The van der Waals surface area contributed by atoms with Crippen LogP contribution >= 0.6 is 11.3 Å². The van der Waals surface area contributed by atoms with Crippen LogP contribution in [0, 0.1) is 5.82 Å². The van der Waals surface area contributed by atoms with Crippen molar-refractivity contribution in [3.63, 3.8) is 0 Å². The Morgan fingerprint density at radius 2 is 2.26 bits per heavy atom. The molecule has 0 unspecified atom stereocenters. The topological polar surface area (TPSA) is 24.9 Å². The molecule has 0 radical (unpaired) electrons. The molecule has 0 atom stereocenters. The molecule has 4 heteroatoms. The lowest BCUT2D eigenvalue weighted by Crippen LogP contribution is -2.41. The van der Waals surface area contributed by atoms with Crippen LogP contribution in [0.25, 0.3) is 0 Å². The van der Waals surface area contributed by atoms with Crippen LogP contribution in [0.1, 0.15) is 30.0 Å². The summed E-state index contributed by atoms with van der Waals surface area (Å²) >= 11 is 1.64. The van der Waals surface area contributed by atoms with Gasteiger partial charge in [-0.3, -0.25) is 0 Å². The molecule has 3 rings (SSSR count). The molecule has 1 aromatic heterocycles. The highest BCUT2D eigenvalue weighted by Crippen LogP contribution is 2.36. The minimum atomic E-state index is -0.127. The molecule has 0 bridgehead atoms. The van der Waals surface area contributed by atoms with Gasteiger partial charge in [-0.1, -0.05) is 12.1 Å². The summed E-state index contributed by atoms with van der Waals surface area (Å²) < 4.78 is 13.1. The van der Waals surface area contributed by atoms with Crippen LogP contribution in [-0.4, -0.2) is 17.6 Å². The van der Waals surface area contributed by atoms with Crippen LogP contribution in [0.3, 0.4) is 0 Å². The van der Waals surface area contributed by atoms with Gasteiger partial charge in [0.1, 0.15) is 5.82 Å². The molecule has 0 spiro atoms. The number of halogens is 1. The molecule has 1 saturated carbocycles. The van der Waals surface area contributed by atoms with Crippen molar-refractivity contribution in [3.05, 3.63) is 52.2 Å². The summed E-state index contributed by atoms with van der Waals surface area (Å²) in [5.74, 6) is 0.393. The zero-order chi connectivity index (χ0) is 13.1. The van der Waals surface area contributed by atoms with E-state index in [2.05, 4.69) is 15.7 Å². The number of thiazole rings is 1. The van der Waals surface area contributed by atoms with E-state index >= 15 is 0 Å². The summed E-state index contributed by atoms with van der Waals surface area (Å²) in [6, 6.07) is 7.57. The minimum absolute atomic E-state index is 0.127. The van der Waals surface area contributed by atoms with Gasteiger partial charge in [-0.25, -0.2) is 9.37 Å². The van der Waals surface area contributed by atoms with Crippen molar-refractivity contribution in [2.75, 3.05) is 6.54 Å². The van der Waals surface area contributed by atoms with Gasteiger partial charge in [-0.2, -0.15) is 0 Å². The van der Waals surface area contributed by atoms with Crippen molar-refractivity contribution in [1.82, 2.24) is 10.3 Å². The smallest absolute Gasteiger partial charge is 0.123 e. The summed E-state index contributed by atoms with van der Waals surface area (Å²) in [7, 11) is 0. The highest BCUT2D eigenvalue weighted by atomic mass is 32.1. The van der Waals surface area contributed by atoms with Crippen LogP contribution in [0.5, 0.6) is 0 Å². The van der Waals surface area contributed by atoms with Gasteiger partial charge < -0.3 is 5.32 Å². The molecule has 0 aliphatic heterocycles. The number of hydrogen-bond donors (Lipinski definition) is 1. The molecule has 19 heavy (non-hydrogen) atoms. The van der Waals surface area contributed by atoms with Gasteiger partial charge in [0.05, 0.1) is 11.2 Å². The van der Waals surface area contributed by atoms with Crippen molar-refractivity contribution < 1.29 is 4.39 Å². The summed E-state index contributed by atoms with van der Waals surface area (Å²) in [5.41, 5.74) is 4.18. The maximum Gasteiger partial charge on any atom is 0.123 e. The van der Waals surface area contributed by atoms with E-state index in [1.165, 1.54) is 11.8 Å². The van der Waals surface area contributed by atoms with E-state index in [1.54, 1.807) is 23.5 Å². The first-order valence-electron chi connectivity index (χ1n) is 6.67. The second-order valence-electron chi connectivity index (χ2n) is 5.10. The third kappa shape index (κ3) is 3.19. The molecule has 1 aliphatic carbocycles. The fourth-order valence-electron chi connectivity index (χ4n) is 2.58. The second-order valence-corrected chi connectivity index (χ2v) is 5.82. The molecule has 2 aromatic rings. The molecule has 1 aliphatic rings. The first-order valence-corrected chi connectivity index (χ1v) is 7.61. The van der Waals surface area contributed by atoms with E-state index in [1.807, 2.05) is 11.6 Å². The highest BCUT2D eigenvalue weighted by Gasteiger charge is 2.29. The Labute approximate surface area is 116 Å². The van der Waals surface area contributed by atoms with Gasteiger partial charge in [0, 0.05) is 24.4 Å². The van der Waals surface area contributed by atoms with Gasteiger partial charge in [-0.15, -0.1) is 11.3 Å². The fraction of sp³-hybridized carbons (Fsp3) is 0.400. The van der Waals surface area contributed by atoms with Gasteiger partial charge in [0.25, 0.3) is 0 Å². The first-order chi connectivity index (χ1) is 9.31. The number of nitrogens with zero attached hydrogens (tertiary/aromatic N) is 1. The van der Waals surface area contributed by atoms with Crippen LogP contribution < -0.4 is 5.32 Å². The van der Waals surface area contributed by atoms with Crippen molar-refractivity contribution in [2.24, 2.45) is 0 Å². The molecule has 1 fully saturated rings. The first kappa shape index (κ1) is 12.8. The average molecular weight is 276 g/mol. The number of hydrogen-bond acceptors (Lipinski definition) is 3. The van der Waals surface area contributed by atoms with Gasteiger partial charge in [0.2, 0.25) is 0 Å². The number of benzene rings is 1. The summed E-state index contributed by atoms with van der Waals surface area (Å²) in [6.07, 6.45) is 3.21. The maximum atomic E-state index is 13.1. The number of aromatic nitrogens is 1. The quantitative estimate of drug-likeness (QED) is 0.905. The molecular formula is C15H17FN2S. The Balaban J connectivity index is 1.41. The highest BCUT2D eigenvalue weighted by molar-refractivity contribution is 7.07. The Kier molecular flexibility index (Phi) is 3.89. The number of rotatable bonds is 5. The maximum absolute atomic E-state index is 13.1. The normalized spacial score (nSPS) is 22.2. The Morgan fingerprint density at radius 3 is 3.00 bits per heavy atom. The van der Waals surface area contributed by atoms with Gasteiger partial charge >= 0.3 is 0 Å². The van der Waals surface area contributed by atoms with Crippen LogP contribution in [0.15, 0.2) is 35.2 Å². The van der Waals surface area contributed by atoms with Crippen LogP contribution in [0.4, 0.5) is 4.39 Å². The number of nitrogens with one attached hydrogen (secondary N) is 1. The third-order valence-electron chi connectivity index (χ3n) is 3.76. The van der Waals surface area contributed by atoms with E-state index in [4.69, 9.17) is 0 Å². The molecule has 2 nitrogen and oxygen atoms in total. The van der Waals surface area contributed by atoms with E-state index < -0.39 is 0 Å². The Bertz CT molecular complexity index is 521.